The molecule has 0 saturated carbocycles. The second-order valence-electron chi connectivity index (χ2n) is 5.59. The third-order valence-electron chi connectivity index (χ3n) is 3.72. The molecule has 0 N–H and O–H groups in total. The van der Waals surface area contributed by atoms with Gasteiger partial charge in [-0.05, 0) is 66.7 Å². The van der Waals surface area contributed by atoms with Crippen LogP contribution in [0.4, 0.5) is 0 Å². The predicted octanol–water partition coefficient (Wildman–Crippen LogP) is 6.07. The van der Waals surface area contributed by atoms with Gasteiger partial charge in [-0.3, -0.25) is 4.79 Å². The van der Waals surface area contributed by atoms with Crippen molar-refractivity contribution in [2.75, 3.05) is 7.11 Å². The first kappa shape index (κ1) is 19.1. The molecule has 4 nitrogen and oxygen atoms in total. The topological polar surface area (TPSA) is 48.7 Å². The second kappa shape index (κ2) is 8.80. The van der Waals surface area contributed by atoms with Crippen LogP contribution in [0.1, 0.15) is 21.9 Å². The Morgan fingerprint density at radius 1 is 1.04 bits per heavy atom. The molecule has 0 spiro atoms. The van der Waals surface area contributed by atoms with Gasteiger partial charge in [0, 0.05) is 10.6 Å². The number of hydrogen-bond donors (Lipinski definition) is 0. The molecular formula is C21H16Cl2O4. The molecule has 0 saturated heterocycles. The Labute approximate surface area is 166 Å². The van der Waals surface area contributed by atoms with Gasteiger partial charge in [0.2, 0.25) is 0 Å². The molecule has 138 valence electrons. The van der Waals surface area contributed by atoms with E-state index in [9.17, 15) is 4.79 Å². The van der Waals surface area contributed by atoms with Crippen LogP contribution in [-0.2, 0) is 6.61 Å². The molecule has 27 heavy (non-hydrogen) atoms. The highest BCUT2D eigenvalue weighted by atomic mass is 35.5. The van der Waals surface area contributed by atoms with Gasteiger partial charge in [0.25, 0.3) is 0 Å². The summed E-state index contributed by atoms with van der Waals surface area (Å²) in [5.74, 6) is 2.42. The molecule has 0 bridgehead atoms. The fraction of sp³-hybridized carbons (Fsp3) is 0.0952. The number of ketones is 1. The van der Waals surface area contributed by atoms with Crippen LogP contribution in [0, 0.1) is 0 Å². The summed E-state index contributed by atoms with van der Waals surface area (Å²) in [7, 11) is 1.61. The summed E-state index contributed by atoms with van der Waals surface area (Å²) in [6, 6.07) is 15.6. The largest absolute Gasteiger partial charge is 0.497 e. The molecule has 6 heteroatoms. The lowest BCUT2D eigenvalue weighted by atomic mass is 10.1. The standard InChI is InChI=1S/C21H16Cl2O4/c1-25-15-3-5-16(6-4-15)26-13-18-8-7-17(27-18)9-11-21(24)19-10-2-14(22)12-20(19)23/h2-12H,13H2,1H3/b11-9+. The smallest absolute Gasteiger partial charge is 0.187 e. The molecule has 2 aromatic carbocycles. The van der Waals surface area contributed by atoms with Gasteiger partial charge in [0.05, 0.1) is 12.1 Å². The van der Waals surface area contributed by atoms with Crippen LogP contribution < -0.4 is 9.47 Å². The average Bonchev–Trinajstić information content (AvgIpc) is 3.13. The Bertz CT molecular complexity index is 959. The first-order chi connectivity index (χ1) is 13.0. The zero-order chi connectivity index (χ0) is 19.2. The highest BCUT2D eigenvalue weighted by molar-refractivity contribution is 6.37. The molecule has 3 aromatic rings. The first-order valence-corrected chi connectivity index (χ1v) is 8.84. The maximum atomic E-state index is 12.2. The Kier molecular flexibility index (Phi) is 6.22. The van der Waals surface area contributed by atoms with Crippen LogP contribution in [0.25, 0.3) is 6.08 Å². The number of carbonyl (C=O) groups is 1. The fourth-order valence-corrected chi connectivity index (χ4v) is 2.83. The van der Waals surface area contributed by atoms with E-state index in [2.05, 4.69) is 0 Å². The summed E-state index contributed by atoms with van der Waals surface area (Å²) in [6.07, 6.45) is 2.99. The van der Waals surface area contributed by atoms with E-state index in [0.717, 1.165) is 5.75 Å². The van der Waals surface area contributed by atoms with Crippen molar-refractivity contribution in [1.29, 1.82) is 0 Å². The van der Waals surface area contributed by atoms with Crippen molar-refractivity contribution in [2.45, 2.75) is 6.61 Å². The van der Waals surface area contributed by atoms with Crippen molar-refractivity contribution in [3.8, 4) is 11.5 Å². The summed E-state index contributed by atoms with van der Waals surface area (Å²) in [4.78, 5) is 12.2. The fourth-order valence-electron chi connectivity index (χ4n) is 2.32. The van der Waals surface area contributed by atoms with E-state index in [4.69, 9.17) is 37.1 Å². The van der Waals surface area contributed by atoms with Gasteiger partial charge in [0.15, 0.2) is 5.78 Å². The highest BCUT2D eigenvalue weighted by Gasteiger charge is 2.08. The van der Waals surface area contributed by atoms with Crippen molar-refractivity contribution in [3.05, 3.63) is 87.8 Å². The number of carbonyl (C=O) groups excluding carboxylic acids is 1. The van der Waals surface area contributed by atoms with E-state index < -0.39 is 0 Å². The lowest BCUT2D eigenvalue weighted by Gasteiger charge is -2.05. The van der Waals surface area contributed by atoms with Crippen molar-refractivity contribution in [1.82, 2.24) is 0 Å². The molecular weight excluding hydrogens is 387 g/mol. The van der Waals surface area contributed by atoms with Crippen molar-refractivity contribution in [2.24, 2.45) is 0 Å². The van der Waals surface area contributed by atoms with Crippen LogP contribution in [-0.4, -0.2) is 12.9 Å². The normalized spacial score (nSPS) is 10.9. The van der Waals surface area contributed by atoms with E-state index in [1.807, 2.05) is 24.3 Å². The SMILES string of the molecule is COc1ccc(OCc2ccc(/C=C/C(=O)c3ccc(Cl)cc3Cl)o2)cc1. The van der Waals surface area contributed by atoms with Gasteiger partial charge in [-0.2, -0.15) is 0 Å². The molecule has 1 aromatic heterocycles. The predicted molar refractivity (Wildman–Crippen MR) is 106 cm³/mol. The molecule has 0 radical (unpaired) electrons. The quantitative estimate of drug-likeness (QED) is 0.355. The number of benzene rings is 2. The van der Waals surface area contributed by atoms with Crippen LogP contribution in [0.2, 0.25) is 10.0 Å². The van der Waals surface area contributed by atoms with Crippen molar-refractivity contribution in [3.63, 3.8) is 0 Å². The number of hydrogen-bond acceptors (Lipinski definition) is 4. The monoisotopic (exact) mass is 402 g/mol. The molecule has 3 rings (SSSR count). The second-order valence-corrected chi connectivity index (χ2v) is 6.43. The molecule has 0 aliphatic carbocycles. The minimum absolute atomic E-state index is 0.232. The van der Waals surface area contributed by atoms with Gasteiger partial charge in [0.1, 0.15) is 29.6 Å². The van der Waals surface area contributed by atoms with Crippen LogP contribution in [0.3, 0.4) is 0 Å². The molecule has 0 aliphatic rings. The molecule has 0 atom stereocenters. The van der Waals surface area contributed by atoms with Crippen molar-refractivity contribution >= 4 is 35.1 Å². The van der Waals surface area contributed by atoms with Crippen molar-refractivity contribution < 1.29 is 18.7 Å². The third-order valence-corrected chi connectivity index (χ3v) is 4.27. The summed E-state index contributed by atoms with van der Waals surface area (Å²) in [5, 5.41) is 0.790. The van der Waals surface area contributed by atoms with E-state index in [-0.39, 0.29) is 12.4 Å². The van der Waals surface area contributed by atoms with Crippen LogP contribution in [0.15, 0.2) is 65.1 Å². The van der Waals surface area contributed by atoms with Gasteiger partial charge >= 0.3 is 0 Å². The number of furan rings is 1. The van der Waals surface area contributed by atoms with E-state index >= 15 is 0 Å². The average molecular weight is 403 g/mol. The Morgan fingerprint density at radius 2 is 1.78 bits per heavy atom. The van der Waals surface area contributed by atoms with Gasteiger partial charge in [-0.25, -0.2) is 0 Å². The number of halogens is 2. The maximum Gasteiger partial charge on any atom is 0.187 e. The van der Waals surface area contributed by atoms with Gasteiger partial charge < -0.3 is 13.9 Å². The Hall–Kier alpha value is -2.69. The zero-order valence-electron chi connectivity index (χ0n) is 14.4. The van der Waals surface area contributed by atoms with Gasteiger partial charge in [-0.15, -0.1) is 0 Å². The highest BCUT2D eigenvalue weighted by Crippen LogP contribution is 2.22. The molecule has 0 amide bonds. The van der Waals surface area contributed by atoms with Crippen LogP contribution >= 0.6 is 23.2 Å². The summed E-state index contributed by atoms with van der Waals surface area (Å²) < 4.78 is 16.4. The molecule has 0 aliphatic heterocycles. The lowest BCUT2D eigenvalue weighted by molar-refractivity contribution is 0.104. The van der Waals surface area contributed by atoms with Gasteiger partial charge in [-0.1, -0.05) is 23.2 Å². The van der Waals surface area contributed by atoms with E-state index in [0.29, 0.717) is 32.9 Å². The summed E-state index contributed by atoms with van der Waals surface area (Å²) >= 11 is 11.9. The van der Waals surface area contributed by atoms with E-state index in [1.165, 1.54) is 12.1 Å². The molecule has 0 unspecified atom stereocenters. The van der Waals surface area contributed by atoms with E-state index in [1.54, 1.807) is 37.5 Å². The Morgan fingerprint density at radius 3 is 2.48 bits per heavy atom. The minimum atomic E-state index is -0.232. The summed E-state index contributed by atoms with van der Waals surface area (Å²) in [6.45, 7) is 0.275. The minimum Gasteiger partial charge on any atom is -0.497 e. The number of rotatable bonds is 7. The number of methoxy groups -OCH3 is 1. The molecule has 0 fully saturated rings. The maximum absolute atomic E-state index is 12.2. The zero-order valence-corrected chi connectivity index (χ0v) is 16.0. The molecule has 1 heterocycles. The Balaban J connectivity index is 1.59. The number of allylic oxidation sites excluding steroid dienone is 1. The number of ether oxygens (including phenoxy) is 2. The van der Waals surface area contributed by atoms with Crippen LogP contribution in [0.5, 0.6) is 11.5 Å². The first-order valence-electron chi connectivity index (χ1n) is 8.08. The third kappa shape index (κ3) is 5.16. The summed E-state index contributed by atoms with van der Waals surface area (Å²) in [5.41, 5.74) is 0.381. The lowest BCUT2D eigenvalue weighted by Crippen LogP contribution is -1.95.